The average Bonchev–Trinajstić information content (AvgIpc) is 2.18. The maximum atomic E-state index is 11.7. The van der Waals surface area contributed by atoms with E-state index in [4.69, 9.17) is 22.3 Å². The molecule has 0 N–H and O–H groups in total. The molecule has 0 aliphatic carbocycles. The van der Waals surface area contributed by atoms with E-state index < -0.39 is 4.21 Å². The topological polar surface area (TPSA) is 17.1 Å². The SMILES string of the molecule is CC(Cl)(SCl)C(=O)c1ccccc1. The molecule has 70 valence electrons. The van der Waals surface area contributed by atoms with Crippen LogP contribution >= 0.6 is 33.3 Å². The van der Waals surface area contributed by atoms with Gasteiger partial charge in [-0.25, -0.2) is 0 Å². The Kier molecular flexibility index (Phi) is 3.65. The van der Waals surface area contributed by atoms with E-state index in [9.17, 15) is 4.79 Å². The summed E-state index contributed by atoms with van der Waals surface area (Å²) in [5, 5.41) is 0. The van der Waals surface area contributed by atoms with Crippen molar-refractivity contribution in [3.63, 3.8) is 0 Å². The second-order valence-corrected chi connectivity index (χ2v) is 5.10. The fraction of sp³-hybridized carbons (Fsp3) is 0.222. The highest BCUT2D eigenvalue weighted by atomic mass is 35.7. The zero-order chi connectivity index (χ0) is 9.90. The van der Waals surface area contributed by atoms with E-state index in [-0.39, 0.29) is 5.78 Å². The van der Waals surface area contributed by atoms with Crippen molar-refractivity contribution in [3.05, 3.63) is 35.9 Å². The maximum Gasteiger partial charge on any atom is 0.194 e. The van der Waals surface area contributed by atoms with Crippen molar-refractivity contribution in [1.29, 1.82) is 0 Å². The molecule has 1 rings (SSSR count). The Morgan fingerprint density at radius 2 is 1.92 bits per heavy atom. The van der Waals surface area contributed by atoms with E-state index in [0.717, 1.165) is 11.0 Å². The maximum absolute atomic E-state index is 11.7. The Bertz CT molecular complexity index is 298. The summed E-state index contributed by atoms with van der Waals surface area (Å²) in [6.45, 7) is 1.58. The average molecular weight is 235 g/mol. The Hall–Kier alpha value is -0.180. The van der Waals surface area contributed by atoms with Crippen molar-refractivity contribution in [1.82, 2.24) is 0 Å². The highest BCUT2D eigenvalue weighted by molar-refractivity contribution is 8.23. The van der Waals surface area contributed by atoms with Crippen molar-refractivity contribution in [2.24, 2.45) is 0 Å². The van der Waals surface area contributed by atoms with Crippen LogP contribution in [0.4, 0.5) is 0 Å². The molecule has 0 aliphatic heterocycles. The molecule has 1 nitrogen and oxygen atoms in total. The van der Waals surface area contributed by atoms with E-state index in [2.05, 4.69) is 0 Å². The van der Waals surface area contributed by atoms with Gasteiger partial charge in [0, 0.05) is 5.56 Å². The number of Topliss-reactive ketones (excluding diaryl/α,β-unsaturated/α-hetero) is 1. The molecule has 0 radical (unpaired) electrons. The standard InChI is InChI=1S/C9H8Cl2OS/c1-9(10,13-11)8(12)7-5-3-2-4-6-7/h2-6H,1H3. The molecule has 0 bridgehead atoms. The van der Waals surface area contributed by atoms with Crippen LogP contribution in [0.1, 0.15) is 17.3 Å². The van der Waals surface area contributed by atoms with Gasteiger partial charge >= 0.3 is 0 Å². The number of benzene rings is 1. The van der Waals surface area contributed by atoms with Gasteiger partial charge in [-0.05, 0) is 28.6 Å². The monoisotopic (exact) mass is 234 g/mol. The summed E-state index contributed by atoms with van der Waals surface area (Å²) in [6.07, 6.45) is 0. The van der Waals surface area contributed by atoms with Gasteiger partial charge in [0.1, 0.15) is 0 Å². The number of hydrogen-bond acceptors (Lipinski definition) is 2. The minimum Gasteiger partial charge on any atom is -0.291 e. The molecule has 0 saturated heterocycles. The van der Waals surface area contributed by atoms with Crippen LogP contribution in [0, 0.1) is 0 Å². The van der Waals surface area contributed by atoms with Crippen molar-refractivity contribution in [3.8, 4) is 0 Å². The highest BCUT2D eigenvalue weighted by Gasteiger charge is 2.31. The van der Waals surface area contributed by atoms with Crippen molar-refractivity contribution in [2.75, 3.05) is 0 Å². The van der Waals surface area contributed by atoms with E-state index in [1.165, 1.54) is 0 Å². The number of carbonyl (C=O) groups is 1. The lowest BCUT2D eigenvalue weighted by Gasteiger charge is -2.15. The fourth-order valence-electron chi connectivity index (χ4n) is 0.882. The molecule has 0 amide bonds. The first-order valence-electron chi connectivity index (χ1n) is 3.66. The number of carbonyl (C=O) groups excluding carboxylic acids is 1. The summed E-state index contributed by atoms with van der Waals surface area (Å²) in [5.74, 6) is -0.172. The first kappa shape index (κ1) is 10.9. The first-order chi connectivity index (χ1) is 6.08. The van der Waals surface area contributed by atoms with E-state index in [1.54, 1.807) is 31.2 Å². The van der Waals surface area contributed by atoms with Crippen LogP contribution in [0.2, 0.25) is 0 Å². The quantitative estimate of drug-likeness (QED) is 0.586. The number of rotatable bonds is 3. The van der Waals surface area contributed by atoms with Gasteiger partial charge in [0.05, 0.1) is 0 Å². The van der Waals surface area contributed by atoms with Gasteiger partial charge in [-0.2, -0.15) is 0 Å². The summed E-state index contributed by atoms with van der Waals surface area (Å²) in [6, 6.07) is 8.86. The molecule has 0 heterocycles. The Labute approximate surface area is 90.9 Å². The van der Waals surface area contributed by atoms with Crippen LogP contribution in [0.25, 0.3) is 0 Å². The van der Waals surface area contributed by atoms with Crippen molar-refractivity contribution in [2.45, 2.75) is 11.1 Å². The third-order valence-corrected chi connectivity index (χ3v) is 3.63. The van der Waals surface area contributed by atoms with Crippen LogP contribution in [0.5, 0.6) is 0 Å². The van der Waals surface area contributed by atoms with Gasteiger partial charge in [-0.1, -0.05) is 41.9 Å². The van der Waals surface area contributed by atoms with Crippen molar-refractivity contribution < 1.29 is 4.79 Å². The third-order valence-electron chi connectivity index (χ3n) is 1.59. The molecule has 1 aromatic carbocycles. The van der Waals surface area contributed by atoms with Gasteiger partial charge in [-0.3, -0.25) is 4.79 Å². The second-order valence-electron chi connectivity index (χ2n) is 2.69. The van der Waals surface area contributed by atoms with Gasteiger partial charge in [-0.15, -0.1) is 0 Å². The molecule has 0 fully saturated rings. The summed E-state index contributed by atoms with van der Waals surface area (Å²) in [7, 11) is 6.32. The zero-order valence-corrected chi connectivity index (χ0v) is 9.29. The van der Waals surface area contributed by atoms with Crippen LogP contribution in [-0.4, -0.2) is 9.99 Å². The molecule has 1 unspecified atom stereocenters. The van der Waals surface area contributed by atoms with Crippen LogP contribution in [0.15, 0.2) is 30.3 Å². The minimum atomic E-state index is -1.08. The molecule has 4 heteroatoms. The fourth-order valence-corrected chi connectivity index (χ4v) is 1.39. The highest BCUT2D eigenvalue weighted by Crippen LogP contribution is 2.35. The first-order valence-corrected chi connectivity index (χ1v) is 5.68. The molecule has 1 aromatic rings. The summed E-state index contributed by atoms with van der Waals surface area (Å²) < 4.78 is -1.08. The molecular weight excluding hydrogens is 227 g/mol. The largest absolute Gasteiger partial charge is 0.291 e. The summed E-state index contributed by atoms with van der Waals surface area (Å²) in [5.41, 5.74) is 0.577. The van der Waals surface area contributed by atoms with E-state index >= 15 is 0 Å². The van der Waals surface area contributed by atoms with Gasteiger partial charge < -0.3 is 0 Å². The van der Waals surface area contributed by atoms with Crippen LogP contribution in [0.3, 0.4) is 0 Å². The zero-order valence-electron chi connectivity index (χ0n) is 6.96. The lowest BCUT2D eigenvalue weighted by atomic mass is 10.1. The Morgan fingerprint density at radius 3 is 2.38 bits per heavy atom. The summed E-state index contributed by atoms with van der Waals surface area (Å²) in [4.78, 5) is 11.7. The number of halogens is 2. The Balaban J connectivity index is 2.93. The number of alkyl halides is 1. The molecule has 0 aromatic heterocycles. The summed E-state index contributed by atoms with van der Waals surface area (Å²) >= 11 is 5.89. The van der Waals surface area contributed by atoms with Crippen molar-refractivity contribution >= 4 is 39.0 Å². The molecule has 0 aliphatic rings. The molecular formula is C9H8Cl2OS. The molecule has 0 spiro atoms. The predicted molar refractivity (Wildman–Crippen MR) is 58.5 cm³/mol. The second kappa shape index (κ2) is 4.36. The van der Waals surface area contributed by atoms with E-state index in [1.807, 2.05) is 6.07 Å². The number of hydrogen-bond donors (Lipinski definition) is 0. The predicted octanol–water partition coefficient (Wildman–Crippen LogP) is 3.71. The lowest BCUT2D eigenvalue weighted by Crippen LogP contribution is -2.23. The van der Waals surface area contributed by atoms with Crippen LogP contribution < -0.4 is 0 Å². The normalized spacial score (nSPS) is 15.0. The van der Waals surface area contributed by atoms with Gasteiger partial charge in [0.15, 0.2) is 9.99 Å². The minimum absolute atomic E-state index is 0.172. The van der Waals surface area contributed by atoms with Crippen LogP contribution in [-0.2, 0) is 0 Å². The molecule has 0 saturated carbocycles. The lowest BCUT2D eigenvalue weighted by molar-refractivity contribution is 0.0981. The van der Waals surface area contributed by atoms with Gasteiger partial charge in [0.25, 0.3) is 0 Å². The molecule has 13 heavy (non-hydrogen) atoms. The third kappa shape index (κ3) is 2.63. The molecule has 1 atom stereocenters. The van der Waals surface area contributed by atoms with E-state index in [0.29, 0.717) is 5.56 Å². The van der Waals surface area contributed by atoms with Gasteiger partial charge in [0.2, 0.25) is 0 Å². The Morgan fingerprint density at radius 1 is 1.38 bits per heavy atom. The smallest absolute Gasteiger partial charge is 0.194 e. The number of ketones is 1.